The number of rotatable bonds is 4. The Balaban J connectivity index is 1.80. The van der Waals surface area contributed by atoms with E-state index in [2.05, 4.69) is 0 Å². The average Bonchev–Trinajstić information content (AvgIpc) is 2.72. The Labute approximate surface area is 163 Å². The molecule has 0 amide bonds. The summed E-state index contributed by atoms with van der Waals surface area (Å²) >= 11 is 0. The molecule has 0 unspecified atom stereocenters. The molecular weight excluding hydrogens is 386 g/mol. The zero-order chi connectivity index (χ0) is 21.0. The molecule has 0 saturated carbocycles. The molecule has 0 saturated heterocycles. The molecule has 7 heteroatoms. The van der Waals surface area contributed by atoms with Crippen molar-refractivity contribution in [2.75, 3.05) is 0 Å². The molecule has 0 spiro atoms. The van der Waals surface area contributed by atoms with Crippen LogP contribution in [0.4, 0.5) is 17.6 Å². The van der Waals surface area contributed by atoms with E-state index in [-0.39, 0.29) is 16.9 Å². The predicted molar refractivity (Wildman–Crippen MR) is 97.6 cm³/mol. The molecule has 0 fully saturated rings. The van der Waals surface area contributed by atoms with Gasteiger partial charge < -0.3 is 4.74 Å². The average molecular weight is 397 g/mol. The van der Waals surface area contributed by atoms with Crippen molar-refractivity contribution in [2.24, 2.45) is 0 Å². The number of benzene rings is 3. The smallest absolute Gasteiger partial charge is 0.346 e. The Morgan fingerprint density at radius 2 is 1.52 bits per heavy atom. The second-order valence-corrected chi connectivity index (χ2v) is 5.83. The maximum absolute atomic E-state index is 13.9. The van der Waals surface area contributed by atoms with Crippen molar-refractivity contribution in [1.29, 1.82) is 5.26 Å². The van der Waals surface area contributed by atoms with Gasteiger partial charge in [-0.1, -0.05) is 30.3 Å². The van der Waals surface area contributed by atoms with Gasteiger partial charge in [0.15, 0.2) is 17.5 Å². The molecular formula is C22H11F4NO2. The molecule has 0 radical (unpaired) electrons. The van der Waals surface area contributed by atoms with E-state index in [1.807, 2.05) is 6.07 Å². The van der Waals surface area contributed by atoms with Crippen LogP contribution in [0.3, 0.4) is 0 Å². The van der Waals surface area contributed by atoms with E-state index in [1.54, 1.807) is 6.07 Å². The molecule has 0 aliphatic rings. The molecule has 3 aromatic rings. The molecule has 144 valence electrons. The van der Waals surface area contributed by atoms with Crippen molar-refractivity contribution in [1.82, 2.24) is 0 Å². The molecule has 0 heterocycles. The van der Waals surface area contributed by atoms with Crippen molar-refractivity contribution >= 4 is 17.6 Å². The topological polar surface area (TPSA) is 50.1 Å². The van der Waals surface area contributed by atoms with Crippen LogP contribution in [0.25, 0.3) is 11.6 Å². The molecule has 0 N–H and O–H groups in total. The Hall–Kier alpha value is -3.92. The minimum Gasteiger partial charge on any atom is -0.423 e. The number of nitrogens with zero attached hydrogens (tertiary/aromatic N) is 1. The lowest BCUT2D eigenvalue weighted by atomic mass is 10.0. The summed E-state index contributed by atoms with van der Waals surface area (Å²) in [6.45, 7) is 0. The Bertz CT molecular complexity index is 1150. The van der Waals surface area contributed by atoms with Gasteiger partial charge in [-0.3, -0.25) is 0 Å². The highest BCUT2D eigenvalue weighted by Crippen LogP contribution is 2.23. The Morgan fingerprint density at radius 1 is 0.828 bits per heavy atom. The largest absolute Gasteiger partial charge is 0.423 e. The highest BCUT2D eigenvalue weighted by molar-refractivity contribution is 5.92. The molecule has 3 rings (SSSR count). The van der Waals surface area contributed by atoms with E-state index < -0.39 is 34.8 Å². The second kappa shape index (κ2) is 8.40. The molecule has 3 aromatic carbocycles. The third-order valence-corrected chi connectivity index (χ3v) is 3.94. The number of carbonyl (C=O) groups excluding carboxylic acids is 1. The Kier molecular flexibility index (Phi) is 5.74. The Morgan fingerprint density at radius 3 is 2.17 bits per heavy atom. The van der Waals surface area contributed by atoms with Gasteiger partial charge in [0.1, 0.15) is 11.6 Å². The summed E-state index contributed by atoms with van der Waals surface area (Å²) in [5.74, 6) is -6.55. The minimum atomic E-state index is -1.77. The number of hydrogen-bond acceptors (Lipinski definition) is 3. The first-order valence-electron chi connectivity index (χ1n) is 8.23. The van der Waals surface area contributed by atoms with E-state index in [0.717, 1.165) is 6.07 Å². The maximum Gasteiger partial charge on any atom is 0.346 e. The van der Waals surface area contributed by atoms with Gasteiger partial charge in [0.05, 0.1) is 17.2 Å². The highest BCUT2D eigenvalue weighted by atomic mass is 19.2. The van der Waals surface area contributed by atoms with Crippen molar-refractivity contribution in [3.05, 3.63) is 101 Å². The number of halogens is 4. The molecule has 0 atom stereocenters. The monoisotopic (exact) mass is 397 g/mol. The van der Waals surface area contributed by atoms with Crippen molar-refractivity contribution in [3.63, 3.8) is 0 Å². The summed E-state index contributed by atoms with van der Waals surface area (Å²) in [5.41, 5.74) is -0.00109. The van der Waals surface area contributed by atoms with Crippen molar-refractivity contribution in [3.8, 4) is 11.8 Å². The lowest BCUT2D eigenvalue weighted by Gasteiger charge is -2.07. The first-order valence-corrected chi connectivity index (χ1v) is 8.23. The molecule has 0 aliphatic carbocycles. The van der Waals surface area contributed by atoms with Crippen LogP contribution in [-0.4, -0.2) is 5.97 Å². The number of hydrogen-bond donors (Lipinski definition) is 0. The number of allylic oxidation sites excluding steroid dienone is 1. The minimum absolute atomic E-state index is 0.0145. The van der Waals surface area contributed by atoms with E-state index in [4.69, 9.17) is 4.74 Å². The van der Waals surface area contributed by atoms with Crippen LogP contribution in [0.2, 0.25) is 0 Å². The fourth-order valence-electron chi connectivity index (χ4n) is 2.49. The molecule has 0 aliphatic heterocycles. The summed E-state index contributed by atoms with van der Waals surface area (Å²) in [5, 5.41) is 9.29. The van der Waals surface area contributed by atoms with E-state index in [0.29, 0.717) is 11.6 Å². The number of esters is 1. The number of nitriles is 1. The first-order chi connectivity index (χ1) is 13.9. The highest BCUT2D eigenvalue weighted by Gasteiger charge is 2.20. The van der Waals surface area contributed by atoms with Gasteiger partial charge in [-0.05, 0) is 42.0 Å². The van der Waals surface area contributed by atoms with Gasteiger partial charge in [-0.2, -0.15) is 5.26 Å². The first kappa shape index (κ1) is 19.8. The van der Waals surface area contributed by atoms with Crippen LogP contribution in [0.15, 0.2) is 60.7 Å². The van der Waals surface area contributed by atoms with Gasteiger partial charge in [-0.15, -0.1) is 0 Å². The van der Waals surface area contributed by atoms with Crippen LogP contribution < -0.4 is 4.74 Å². The van der Waals surface area contributed by atoms with Gasteiger partial charge in [0, 0.05) is 5.56 Å². The zero-order valence-electron chi connectivity index (χ0n) is 14.6. The zero-order valence-corrected chi connectivity index (χ0v) is 14.6. The third-order valence-electron chi connectivity index (χ3n) is 3.94. The van der Waals surface area contributed by atoms with Crippen LogP contribution in [0.1, 0.15) is 21.5 Å². The lowest BCUT2D eigenvalue weighted by Crippen LogP contribution is -2.12. The van der Waals surface area contributed by atoms with Crippen LogP contribution in [0.5, 0.6) is 5.75 Å². The maximum atomic E-state index is 13.9. The number of carbonyl (C=O) groups is 1. The molecule has 3 nitrogen and oxygen atoms in total. The summed E-state index contributed by atoms with van der Waals surface area (Å²) in [6.07, 6.45) is 1.44. The SMILES string of the molecule is N#C/C(=C/c1ccc(OC(=O)c2ccc(F)c(F)c2F)cc1)c1ccccc1F. The van der Waals surface area contributed by atoms with E-state index >= 15 is 0 Å². The van der Waals surface area contributed by atoms with Crippen LogP contribution in [0, 0.1) is 34.6 Å². The normalized spacial score (nSPS) is 11.1. The third kappa shape index (κ3) is 4.33. The summed E-state index contributed by atoms with van der Waals surface area (Å²) < 4.78 is 58.7. The standard InChI is InChI=1S/C22H11F4NO2/c23-18-4-2-1-3-16(18)14(12-27)11-13-5-7-15(8-6-13)29-22(28)17-9-10-19(24)21(26)20(17)25/h1-11H/b14-11-. The summed E-state index contributed by atoms with van der Waals surface area (Å²) in [6, 6.07) is 14.8. The second-order valence-electron chi connectivity index (χ2n) is 5.83. The van der Waals surface area contributed by atoms with E-state index in [9.17, 15) is 27.6 Å². The van der Waals surface area contributed by atoms with E-state index in [1.165, 1.54) is 48.5 Å². The fraction of sp³-hybridized carbons (Fsp3) is 0. The van der Waals surface area contributed by atoms with Crippen LogP contribution in [-0.2, 0) is 0 Å². The van der Waals surface area contributed by atoms with Gasteiger partial charge in [0.2, 0.25) is 0 Å². The fourth-order valence-corrected chi connectivity index (χ4v) is 2.49. The molecule has 0 bridgehead atoms. The summed E-state index contributed by atoms with van der Waals surface area (Å²) in [7, 11) is 0. The van der Waals surface area contributed by atoms with Gasteiger partial charge >= 0.3 is 5.97 Å². The molecule has 0 aromatic heterocycles. The quantitative estimate of drug-likeness (QED) is 0.145. The number of ether oxygens (including phenoxy) is 1. The summed E-state index contributed by atoms with van der Waals surface area (Å²) in [4.78, 5) is 12.0. The predicted octanol–water partition coefficient (Wildman–Crippen LogP) is 5.53. The lowest BCUT2D eigenvalue weighted by molar-refractivity contribution is 0.0728. The van der Waals surface area contributed by atoms with Crippen molar-refractivity contribution in [2.45, 2.75) is 0 Å². The van der Waals surface area contributed by atoms with Crippen LogP contribution >= 0.6 is 0 Å². The van der Waals surface area contributed by atoms with Gasteiger partial charge in [-0.25, -0.2) is 22.4 Å². The van der Waals surface area contributed by atoms with Crippen molar-refractivity contribution < 1.29 is 27.1 Å². The molecule has 29 heavy (non-hydrogen) atoms. The van der Waals surface area contributed by atoms with Gasteiger partial charge in [0.25, 0.3) is 0 Å².